The van der Waals surface area contributed by atoms with Crippen molar-refractivity contribution >= 4 is 32.4 Å². The summed E-state index contributed by atoms with van der Waals surface area (Å²) in [5, 5.41) is 4.68. The van der Waals surface area contributed by atoms with Crippen molar-refractivity contribution in [2.24, 2.45) is 0 Å². The fourth-order valence-corrected chi connectivity index (χ4v) is 2.65. The molecule has 0 radical (unpaired) electrons. The minimum atomic E-state index is -3.99. The SMILES string of the molecule is CC(C)(C)OC(=O)NCC(COS(C)(=O)=O)(COS(C)(=O)=O)NC(=O)OC(C)(C)C. The first-order chi connectivity index (χ1) is 13.1. The molecule has 12 nitrogen and oxygen atoms in total. The lowest BCUT2D eigenvalue weighted by molar-refractivity contribution is 0.0305. The van der Waals surface area contributed by atoms with Crippen molar-refractivity contribution < 1.29 is 44.3 Å². The molecular formula is C16H32N2O10S2. The number of carbonyl (C=O) groups excluding carboxylic acids is 2. The van der Waals surface area contributed by atoms with Gasteiger partial charge in [0, 0.05) is 6.54 Å². The third-order valence-corrected chi connectivity index (χ3v) is 3.93. The van der Waals surface area contributed by atoms with Gasteiger partial charge in [-0.3, -0.25) is 8.37 Å². The molecule has 0 aromatic heterocycles. The highest BCUT2D eigenvalue weighted by atomic mass is 32.2. The molecule has 0 heterocycles. The second-order valence-electron chi connectivity index (χ2n) is 8.70. The number of alkyl carbamates (subject to hydrolysis) is 2. The van der Waals surface area contributed by atoms with Crippen molar-refractivity contribution in [1.29, 1.82) is 0 Å². The van der Waals surface area contributed by atoms with Crippen LogP contribution in [0.1, 0.15) is 41.5 Å². The van der Waals surface area contributed by atoms with Crippen LogP contribution in [0.3, 0.4) is 0 Å². The zero-order valence-electron chi connectivity index (χ0n) is 18.5. The van der Waals surface area contributed by atoms with Crippen LogP contribution in [0.5, 0.6) is 0 Å². The molecule has 0 atom stereocenters. The van der Waals surface area contributed by atoms with Crippen LogP contribution in [0.25, 0.3) is 0 Å². The normalized spacial score (nSPS) is 13.5. The number of hydrogen-bond donors (Lipinski definition) is 2. The number of hydrogen-bond acceptors (Lipinski definition) is 10. The highest BCUT2D eigenvalue weighted by Gasteiger charge is 2.38. The average molecular weight is 477 g/mol. The third-order valence-electron chi connectivity index (χ3n) is 2.83. The molecule has 0 aliphatic heterocycles. The van der Waals surface area contributed by atoms with Gasteiger partial charge in [0.05, 0.1) is 25.7 Å². The zero-order chi connectivity index (χ0) is 24.0. The molecule has 2 amide bonds. The summed E-state index contributed by atoms with van der Waals surface area (Å²) in [7, 11) is -7.98. The Hall–Kier alpha value is -1.64. The molecule has 0 spiro atoms. The van der Waals surface area contributed by atoms with Crippen LogP contribution in [0, 0.1) is 0 Å². The van der Waals surface area contributed by atoms with Gasteiger partial charge in [0.25, 0.3) is 20.2 Å². The van der Waals surface area contributed by atoms with Gasteiger partial charge in [0.15, 0.2) is 0 Å². The van der Waals surface area contributed by atoms with E-state index in [4.69, 9.17) is 17.8 Å². The molecule has 30 heavy (non-hydrogen) atoms. The summed E-state index contributed by atoms with van der Waals surface area (Å²) in [5.74, 6) is 0. The topological polar surface area (TPSA) is 163 Å². The maximum Gasteiger partial charge on any atom is 0.408 e. The molecule has 178 valence electrons. The van der Waals surface area contributed by atoms with Gasteiger partial charge in [-0.2, -0.15) is 16.8 Å². The van der Waals surface area contributed by atoms with Crippen LogP contribution in [0.2, 0.25) is 0 Å². The number of ether oxygens (including phenoxy) is 2. The van der Waals surface area contributed by atoms with Gasteiger partial charge in [-0.05, 0) is 41.5 Å². The fraction of sp³-hybridized carbons (Fsp3) is 0.875. The van der Waals surface area contributed by atoms with E-state index in [1.54, 1.807) is 41.5 Å². The van der Waals surface area contributed by atoms with E-state index in [2.05, 4.69) is 10.6 Å². The minimum Gasteiger partial charge on any atom is -0.444 e. The van der Waals surface area contributed by atoms with Crippen molar-refractivity contribution in [2.45, 2.75) is 58.3 Å². The number of nitrogens with one attached hydrogen (secondary N) is 2. The first-order valence-electron chi connectivity index (χ1n) is 8.78. The Labute approximate surface area is 178 Å². The van der Waals surface area contributed by atoms with Gasteiger partial charge in [0.2, 0.25) is 0 Å². The predicted molar refractivity (Wildman–Crippen MR) is 108 cm³/mol. The minimum absolute atomic E-state index is 0.494. The molecule has 0 bridgehead atoms. The predicted octanol–water partition coefficient (Wildman–Crippen LogP) is 0.727. The lowest BCUT2D eigenvalue weighted by Gasteiger charge is -2.34. The van der Waals surface area contributed by atoms with Gasteiger partial charge < -0.3 is 20.1 Å². The monoisotopic (exact) mass is 476 g/mol. The Kier molecular flexibility index (Phi) is 9.56. The second kappa shape index (κ2) is 10.1. The van der Waals surface area contributed by atoms with E-state index in [-0.39, 0.29) is 0 Å². The number of amides is 2. The van der Waals surface area contributed by atoms with Crippen molar-refractivity contribution in [1.82, 2.24) is 10.6 Å². The first-order valence-corrected chi connectivity index (χ1v) is 12.4. The Balaban J connectivity index is 5.80. The quantitative estimate of drug-likeness (QED) is 0.453. The molecule has 2 N–H and O–H groups in total. The maximum absolute atomic E-state index is 12.3. The van der Waals surface area contributed by atoms with Crippen LogP contribution < -0.4 is 10.6 Å². The third kappa shape index (κ3) is 15.2. The van der Waals surface area contributed by atoms with Crippen molar-refractivity contribution in [2.75, 3.05) is 32.3 Å². The summed E-state index contributed by atoms with van der Waals surface area (Å²) in [6.45, 7) is 7.64. The molecule has 0 aliphatic carbocycles. The lowest BCUT2D eigenvalue weighted by Crippen LogP contribution is -2.62. The van der Waals surface area contributed by atoms with Gasteiger partial charge >= 0.3 is 12.2 Å². The van der Waals surface area contributed by atoms with Crippen LogP contribution >= 0.6 is 0 Å². The average Bonchev–Trinajstić information content (AvgIpc) is 2.43. The molecule has 0 fully saturated rings. The van der Waals surface area contributed by atoms with Gasteiger partial charge in [-0.15, -0.1) is 0 Å². The van der Waals surface area contributed by atoms with E-state index in [9.17, 15) is 26.4 Å². The van der Waals surface area contributed by atoms with Crippen molar-refractivity contribution in [3.63, 3.8) is 0 Å². The zero-order valence-corrected chi connectivity index (χ0v) is 20.2. The second-order valence-corrected chi connectivity index (χ2v) is 12.0. The summed E-state index contributed by atoms with van der Waals surface area (Å²) in [5.41, 5.74) is -3.58. The Morgan fingerprint density at radius 2 is 1.10 bits per heavy atom. The molecule has 0 saturated carbocycles. The molecule has 14 heteroatoms. The molecule has 0 unspecified atom stereocenters. The summed E-state index contributed by atoms with van der Waals surface area (Å²) >= 11 is 0. The Bertz CT molecular complexity index is 772. The van der Waals surface area contributed by atoms with Gasteiger partial charge in [-0.1, -0.05) is 0 Å². The smallest absolute Gasteiger partial charge is 0.408 e. The number of carbonyl (C=O) groups is 2. The molecule has 0 aliphatic rings. The summed E-state index contributed by atoms with van der Waals surface area (Å²) < 4.78 is 65.7. The Morgan fingerprint density at radius 3 is 1.43 bits per heavy atom. The van der Waals surface area contributed by atoms with Gasteiger partial charge in [-0.25, -0.2) is 9.59 Å². The fourth-order valence-electron chi connectivity index (χ4n) is 1.78. The van der Waals surface area contributed by atoms with Crippen molar-refractivity contribution in [3.05, 3.63) is 0 Å². The lowest BCUT2D eigenvalue weighted by atomic mass is 10.0. The van der Waals surface area contributed by atoms with Crippen molar-refractivity contribution in [3.8, 4) is 0 Å². The summed E-state index contributed by atoms with van der Waals surface area (Å²) in [6.07, 6.45) is -0.368. The van der Waals surface area contributed by atoms with E-state index in [0.29, 0.717) is 0 Å². The summed E-state index contributed by atoms with van der Waals surface area (Å²) in [6, 6.07) is 0. The molecular weight excluding hydrogens is 444 g/mol. The van der Waals surface area contributed by atoms with E-state index in [1.165, 1.54) is 0 Å². The number of rotatable bonds is 9. The standard InChI is InChI=1S/C16H32N2O10S2/c1-14(2,3)27-12(19)17-9-16(10-25-29(7,21)22,11-26-30(8,23)24)18-13(20)28-15(4,5)6/h9-11H2,1-8H3,(H,17,19)(H,18,20). The first kappa shape index (κ1) is 28.4. The molecule has 0 saturated heterocycles. The highest BCUT2D eigenvalue weighted by Crippen LogP contribution is 2.14. The van der Waals surface area contributed by atoms with Crippen LogP contribution in [0.4, 0.5) is 9.59 Å². The molecule has 0 aromatic carbocycles. The van der Waals surface area contributed by atoms with E-state index in [1.807, 2.05) is 0 Å². The summed E-state index contributed by atoms with van der Waals surface area (Å²) in [4.78, 5) is 24.3. The Morgan fingerprint density at radius 1 is 0.733 bits per heavy atom. The van der Waals surface area contributed by atoms with Crippen LogP contribution in [-0.4, -0.2) is 78.0 Å². The van der Waals surface area contributed by atoms with E-state index in [0.717, 1.165) is 12.5 Å². The highest BCUT2D eigenvalue weighted by molar-refractivity contribution is 7.86. The molecule has 0 rings (SSSR count). The molecule has 0 aromatic rings. The van der Waals surface area contributed by atoms with Crippen LogP contribution in [0.15, 0.2) is 0 Å². The van der Waals surface area contributed by atoms with E-state index >= 15 is 0 Å². The maximum atomic E-state index is 12.3. The van der Waals surface area contributed by atoms with E-state index < -0.39 is 68.9 Å². The largest absolute Gasteiger partial charge is 0.444 e. The van der Waals surface area contributed by atoms with Gasteiger partial charge in [0.1, 0.15) is 16.7 Å². The van der Waals surface area contributed by atoms with Crippen LogP contribution in [-0.2, 0) is 38.1 Å².